The highest BCUT2D eigenvalue weighted by atomic mass is 16.5. The molecule has 0 spiro atoms. The molecular weight excluding hydrogens is 186 g/mol. The highest BCUT2D eigenvalue weighted by Gasteiger charge is 2.19. The van der Waals surface area contributed by atoms with Gasteiger partial charge in [0.05, 0.1) is 25.5 Å². The molecule has 5 nitrogen and oxygen atoms in total. The molecule has 1 aromatic heterocycles. The summed E-state index contributed by atoms with van der Waals surface area (Å²) in [5, 5.41) is 11.9. The molecule has 1 saturated heterocycles. The summed E-state index contributed by atoms with van der Waals surface area (Å²) >= 11 is 0. The van der Waals surface area contributed by atoms with Crippen LogP contribution in [0.5, 0.6) is 0 Å². The molecule has 14 heavy (non-hydrogen) atoms. The Labute approximate surface area is 80.7 Å². The SMILES string of the molecule is O=C(O)c1occc1CNC1COC1. The molecule has 5 heteroatoms. The van der Waals surface area contributed by atoms with Gasteiger partial charge >= 0.3 is 5.97 Å². The number of carboxylic acids is 1. The van der Waals surface area contributed by atoms with Crippen LogP contribution >= 0.6 is 0 Å². The van der Waals surface area contributed by atoms with Crippen molar-refractivity contribution in [3.8, 4) is 0 Å². The highest BCUT2D eigenvalue weighted by molar-refractivity contribution is 5.86. The lowest BCUT2D eigenvalue weighted by atomic mass is 10.2. The lowest BCUT2D eigenvalue weighted by Crippen LogP contribution is -2.45. The second kappa shape index (κ2) is 3.81. The molecule has 0 aromatic carbocycles. The summed E-state index contributed by atoms with van der Waals surface area (Å²) in [5.41, 5.74) is 0.671. The van der Waals surface area contributed by atoms with Crippen LogP contribution in [0.3, 0.4) is 0 Å². The van der Waals surface area contributed by atoms with Crippen molar-refractivity contribution in [2.24, 2.45) is 0 Å². The highest BCUT2D eigenvalue weighted by Crippen LogP contribution is 2.11. The molecule has 1 aromatic rings. The predicted octanol–water partition coefficient (Wildman–Crippen LogP) is 0.466. The van der Waals surface area contributed by atoms with Crippen LogP contribution in [0.15, 0.2) is 16.7 Å². The van der Waals surface area contributed by atoms with Gasteiger partial charge in [-0.05, 0) is 6.07 Å². The van der Waals surface area contributed by atoms with Gasteiger partial charge in [-0.25, -0.2) is 4.79 Å². The van der Waals surface area contributed by atoms with E-state index in [9.17, 15) is 4.79 Å². The number of ether oxygens (including phenoxy) is 1. The van der Waals surface area contributed by atoms with E-state index in [-0.39, 0.29) is 5.76 Å². The van der Waals surface area contributed by atoms with E-state index in [0.29, 0.717) is 31.4 Å². The third-order valence-electron chi connectivity index (χ3n) is 2.16. The van der Waals surface area contributed by atoms with Crippen LogP contribution in [-0.2, 0) is 11.3 Å². The Balaban J connectivity index is 1.94. The molecule has 2 heterocycles. The summed E-state index contributed by atoms with van der Waals surface area (Å²) in [5.74, 6) is -1.02. The maximum atomic E-state index is 10.7. The van der Waals surface area contributed by atoms with E-state index < -0.39 is 5.97 Å². The molecule has 0 aliphatic carbocycles. The van der Waals surface area contributed by atoms with Gasteiger partial charge in [-0.15, -0.1) is 0 Å². The molecule has 1 fully saturated rings. The van der Waals surface area contributed by atoms with Gasteiger partial charge in [-0.3, -0.25) is 0 Å². The number of hydrogen-bond donors (Lipinski definition) is 2. The Kier molecular flexibility index (Phi) is 2.51. The fourth-order valence-electron chi connectivity index (χ4n) is 1.27. The first kappa shape index (κ1) is 9.23. The van der Waals surface area contributed by atoms with Crippen molar-refractivity contribution in [1.29, 1.82) is 0 Å². The molecule has 1 aliphatic rings. The Morgan fingerprint density at radius 3 is 3.00 bits per heavy atom. The van der Waals surface area contributed by atoms with Crippen LogP contribution in [0, 0.1) is 0 Å². The first-order valence-corrected chi connectivity index (χ1v) is 4.38. The fourth-order valence-corrected chi connectivity index (χ4v) is 1.27. The van der Waals surface area contributed by atoms with E-state index in [1.165, 1.54) is 6.26 Å². The monoisotopic (exact) mass is 197 g/mol. The average molecular weight is 197 g/mol. The average Bonchev–Trinajstić information content (AvgIpc) is 2.49. The molecular formula is C9H11NO4. The van der Waals surface area contributed by atoms with E-state index >= 15 is 0 Å². The number of rotatable bonds is 4. The summed E-state index contributed by atoms with van der Waals surface area (Å²) < 4.78 is 9.82. The summed E-state index contributed by atoms with van der Waals surface area (Å²) in [6.07, 6.45) is 1.39. The molecule has 0 radical (unpaired) electrons. The zero-order chi connectivity index (χ0) is 9.97. The van der Waals surface area contributed by atoms with E-state index in [4.69, 9.17) is 14.3 Å². The second-order valence-corrected chi connectivity index (χ2v) is 3.20. The van der Waals surface area contributed by atoms with Crippen LogP contribution in [0.4, 0.5) is 0 Å². The number of aromatic carboxylic acids is 1. The van der Waals surface area contributed by atoms with Crippen molar-refractivity contribution >= 4 is 5.97 Å². The minimum atomic E-state index is -1.03. The summed E-state index contributed by atoms with van der Waals surface area (Å²) in [6.45, 7) is 1.90. The van der Waals surface area contributed by atoms with Gasteiger partial charge in [0, 0.05) is 12.1 Å². The van der Waals surface area contributed by atoms with Crippen LogP contribution in [-0.4, -0.2) is 30.3 Å². The van der Waals surface area contributed by atoms with Gasteiger partial charge in [0.1, 0.15) is 0 Å². The quantitative estimate of drug-likeness (QED) is 0.734. The number of nitrogens with one attached hydrogen (secondary N) is 1. The van der Waals surface area contributed by atoms with Crippen molar-refractivity contribution in [2.45, 2.75) is 12.6 Å². The minimum Gasteiger partial charge on any atom is -0.475 e. The van der Waals surface area contributed by atoms with E-state index in [1.54, 1.807) is 6.07 Å². The molecule has 0 amide bonds. The molecule has 0 atom stereocenters. The zero-order valence-electron chi connectivity index (χ0n) is 7.53. The summed E-state index contributed by atoms with van der Waals surface area (Å²) in [6, 6.07) is 2.00. The topological polar surface area (TPSA) is 71.7 Å². The normalized spacial score (nSPS) is 16.6. The lowest BCUT2D eigenvalue weighted by Gasteiger charge is -2.26. The molecule has 0 unspecified atom stereocenters. The molecule has 0 bridgehead atoms. The number of furan rings is 1. The lowest BCUT2D eigenvalue weighted by molar-refractivity contribution is -0.00584. The molecule has 2 N–H and O–H groups in total. The van der Waals surface area contributed by atoms with Crippen LogP contribution in [0.25, 0.3) is 0 Å². The Hall–Kier alpha value is -1.33. The van der Waals surface area contributed by atoms with Gasteiger partial charge in [-0.1, -0.05) is 0 Å². The number of carboxylic acid groups (broad SMARTS) is 1. The van der Waals surface area contributed by atoms with Crippen molar-refractivity contribution in [3.63, 3.8) is 0 Å². The summed E-state index contributed by atoms with van der Waals surface area (Å²) in [4.78, 5) is 10.7. The van der Waals surface area contributed by atoms with Crippen LogP contribution in [0.2, 0.25) is 0 Å². The van der Waals surface area contributed by atoms with Gasteiger partial charge in [-0.2, -0.15) is 0 Å². The standard InChI is InChI=1S/C9H11NO4/c11-9(12)8-6(1-2-14-8)3-10-7-4-13-5-7/h1-2,7,10H,3-5H2,(H,11,12). The molecule has 2 rings (SSSR count). The molecule has 76 valence electrons. The summed E-state index contributed by atoms with van der Waals surface area (Å²) in [7, 11) is 0. The fraction of sp³-hybridized carbons (Fsp3) is 0.444. The zero-order valence-corrected chi connectivity index (χ0v) is 7.53. The van der Waals surface area contributed by atoms with Gasteiger partial charge < -0.3 is 19.6 Å². The van der Waals surface area contributed by atoms with Gasteiger partial charge in [0.2, 0.25) is 5.76 Å². The third-order valence-corrected chi connectivity index (χ3v) is 2.16. The van der Waals surface area contributed by atoms with Crippen LogP contribution < -0.4 is 5.32 Å². The number of carbonyl (C=O) groups is 1. The Morgan fingerprint density at radius 1 is 1.64 bits per heavy atom. The predicted molar refractivity (Wildman–Crippen MR) is 47.1 cm³/mol. The van der Waals surface area contributed by atoms with Crippen molar-refractivity contribution in [3.05, 3.63) is 23.7 Å². The van der Waals surface area contributed by atoms with E-state index in [0.717, 1.165) is 0 Å². The smallest absolute Gasteiger partial charge is 0.372 e. The Bertz CT molecular complexity index is 329. The van der Waals surface area contributed by atoms with Crippen molar-refractivity contribution in [1.82, 2.24) is 5.32 Å². The van der Waals surface area contributed by atoms with Gasteiger partial charge in [0.25, 0.3) is 0 Å². The van der Waals surface area contributed by atoms with Crippen LogP contribution in [0.1, 0.15) is 16.1 Å². The molecule has 1 aliphatic heterocycles. The third kappa shape index (κ3) is 1.78. The maximum Gasteiger partial charge on any atom is 0.372 e. The molecule has 0 saturated carbocycles. The van der Waals surface area contributed by atoms with Crippen molar-refractivity contribution < 1.29 is 19.1 Å². The Morgan fingerprint density at radius 2 is 2.43 bits per heavy atom. The maximum absolute atomic E-state index is 10.7. The van der Waals surface area contributed by atoms with E-state index in [1.807, 2.05) is 0 Å². The second-order valence-electron chi connectivity index (χ2n) is 3.20. The number of hydrogen-bond acceptors (Lipinski definition) is 4. The van der Waals surface area contributed by atoms with Gasteiger partial charge in [0.15, 0.2) is 0 Å². The first-order valence-electron chi connectivity index (χ1n) is 4.38. The minimum absolute atomic E-state index is 0.0118. The van der Waals surface area contributed by atoms with Crippen molar-refractivity contribution in [2.75, 3.05) is 13.2 Å². The largest absolute Gasteiger partial charge is 0.475 e. The first-order chi connectivity index (χ1) is 6.77. The van der Waals surface area contributed by atoms with E-state index in [2.05, 4.69) is 5.32 Å².